The van der Waals surface area contributed by atoms with Crippen molar-refractivity contribution in [2.24, 2.45) is 0 Å². The third kappa shape index (κ3) is 4.21. The van der Waals surface area contributed by atoms with Crippen molar-refractivity contribution < 1.29 is 18.8 Å². The van der Waals surface area contributed by atoms with E-state index in [1.54, 1.807) is 6.07 Å². The lowest BCUT2D eigenvalue weighted by molar-refractivity contribution is -0.385. The Balaban J connectivity index is 3.16. The molecular weight excluding hydrogens is 266 g/mol. The second-order valence-electron chi connectivity index (χ2n) is 4.99. The van der Waals surface area contributed by atoms with Gasteiger partial charge in [-0.05, 0) is 25.7 Å². The van der Waals surface area contributed by atoms with Crippen LogP contribution in [-0.4, -0.2) is 27.5 Å². The molecular formula is C12H19NO5Si. The third-order valence-electron chi connectivity index (χ3n) is 2.44. The minimum atomic E-state index is -1.74. The molecule has 0 heterocycles. The molecule has 106 valence electrons. The van der Waals surface area contributed by atoms with E-state index < -0.39 is 13.2 Å². The predicted octanol–water partition coefficient (Wildman–Crippen LogP) is 2.96. The van der Waals surface area contributed by atoms with E-state index >= 15 is 0 Å². The molecule has 0 saturated heterocycles. The number of hydrogen-bond acceptors (Lipinski definition) is 5. The Morgan fingerprint density at radius 3 is 2.11 bits per heavy atom. The molecule has 0 aliphatic heterocycles. The van der Waals surface area contributed by atoms with Crippen molar-refractivity contribution in [3.8, 4) is 11.5 Å². The molecule has 6 nitrogen and oxygen atoms in total. The third-order valence-corrected chi connectivity index (χ3v) is 3.45. The zero-order valence-corrected chi connectivity index (χ0v) is 12.9. The number of ether oxygens (including phenoxy) is 2. The molecule has 0 aromatic heterocycles. The second kappa shape index (κ2) is 6.03. The molecule has 0 atom stereocenters. The van der Waals surface area contributed by atoms with Crippen molar-refractivity contribution in [2.45, 2.75) is 26.2 Å². The second-order valence-corrected chi connectivity index (χ2v) is 9.51. The van der Waals surface area contributed by atoms with Gasteiger partial charge >= 0.3 is 0 Å². The van der Waals surface area contributed by atoms with Gasteiger partial charge in [0.2, 0.25) is 0 Å². The highest BCUT2D eigenvalue weighted by Crippen LogP contribution is 2.35. The SMILES string of the molecule is COc1cc(CO[Si](C)(C)C)c([N+](=O)[O-])cc1OC. The molecule has 0 amide bonds. The summed E-state index contributed by atoms with van der Waals surface area (Å²) >= 11 is 0. The summed E-state index contributed by atoms with van der Waals surface area (Å²) in [5, 5.41) is 11.1. The minimum absolute atomic E-state index is 0.0177. The van der Waals surface area contributed by atoms with Crippen LogP contribution in [0.25, 0.3) is 0 Å². The fourth-order valence-corrected chi connectivity index (χ4v) is 2.08. The van der Waals surface area contributed by atoms with Crippen molar-refractivity contribution >= 4 is 14.0 Å². The van der Waals surface area contributed by atoms with E-state index in [1.807, 2.05) is 19.6 Å². The molecule has 19 heavy (non-hydrogen) atoms. The molecule has 1 rings (SSSR count). The summed E-state index contributed by atoms with van der Waals surface area (Å²) in [6.45, 7) is 6.28. The first-order chi connectivity index (χ1) is 8.78. The van der Waals surface area contributed by atoms with Gasteiger partial charge < -0.3 is 13.9 Å². The van der Waals surface area contributed by atoms with Crippen LogP contribution in [0.2, 0.25) is 19.6 Å². The highest BCUT2D eigenvalue weighted by atomic mass is 28.4. The van der Waals surface area contributed by atoms with Crippen LogP contribution in [0.5, 0.6) is 11.5 Å². The van der Waals surface area contributed by atoms with E-state index in [-0.39, 0.29) is 12.3 Å². The normalized spacial score (nSPS) is 11.2. The summed E-state index contributed by atoms with van der Waals surface area (Å²) < 4.78 is 15.9. The van der Waals surface area contributed by atoms with Gasteiger partial charge in [-0.25, -0.2) is 0 Å². The summed E-state index contributed by atoms with van der Waals surface area (Å²) in [6, 6.07) is 2.96. The lowest BCUT2D eigenvalue weighted by Gasteiger charge is -2.18. The standard InChI is InChI=1S/C12H19NO5Si/c1-16-11-6-9(8-18-19(3,4)5)10(13(14)15)7-12(11)17-2/h6-7H,8H2,1-5H3. The van der Waals surface area contributed by atoms with E-state index in [4.69, 9.17) is 13.9 Å². The Hall–Kier alpha value is -1.60. The molecule has 0 spiro atoms. The van der Waals surface area contributed by atoms with E-state index in [0.717, 1.165) is 0 Å². The Morgan fingerprint density at radius 2 is 1.68 bits per heavy atom. The van der Waals surface area contributed by atoms with Gasteiger partial charge in [-0.3, -0.25) is 10.1 Å². The summed E-state index contributed by atoms with van der Waals surface area (Å²) in [5.41, 5.74) is 0.473. The predicted molar refractivity (Wildman–Crippen MR) is 74.3 cm³/mol. The molecule has 1 aromatic rings. The van der Waals surface area contributed by atoms with Crippen molar-refractivity contribution in [3.63, 3.8) is 0 Å². The molecule has 0 unspecified atom stereocenters. The monoisotopic (exact) mass is 285 g/mol. The molecule has 0 aliphatic carbocycles. The average molecular weight is 285 g/mol. The zero-order chi connectivity index (χ0) is 14.6. The van der Waals surface area contributed by atoms with E-state index in [1.165, 1.54) is 20.3 Å². The van der Waals surface area contributed by atoms with Crippen LogP contribution < -0.4 is 9.47 Å². The van der Waals surface area contributed by atoms with Gasteiger partial charge in [0.1, 0.15) is 0 Å². The van der Waals surface area contributed by atoms with Crippen LogP contribution in [0, 0.1) is 10.1 Å². The molecule has 0 fully saturated rings. The molecule has 0 bridgehead atoms. The quantitative estimate of drug-likeness (QED) is 0.456. The topological polar surface area (TPSA) is 70.8 Å². The van der Waals surface area contributed by atoms with Gasteiger partial charge in [0, 0.05) is 0 Å². The maximum absolute atomic E-state index is 11.1. The first kappa shape index (κ1) is 15.5. The van der Waals surface area contributed by atoms with Crippen LogP contribution >= 0.6 is 0 Å². The van der Waals surface area contributed by atoms with Gasteiger partial charge in [0.05, 0.1) is 37.4 Å². The van der Waals surface area contributed by atoms with Crippen LogP contribution in [0.15, 0.2) is 12.1 Å². The van der Waals surface area contributed by atoms with Gasteiger partial charge in [0.15, 0.2) is 19.8 Å². The number of hydrogen-bond donors (Lipinski definition) is 0. The Bertz CT molecular complexity index is 470. The van der Waals surface area contributed by atoms with E-state index in [0.29, 0.717) is 17.1 Å². The van der Waals surface area contributed by atoms with Crippen LogP contribution in [0.4, 0.5) is 5.69 Å². The number of benzene rings is 1. The average Bonchev–Trinajstić information content (AvgIpc) is 2.33. The van der Waals surface area contributed by atoms with Crippen LogP contribution in [-0.2, 0) is 11.0 Å². The fraction of sp³-hybridized carbons (Fsp3) is 0.500. The molecule has 0 N–H and O–H groups in total. The van der Waals surface area contributed by atoms with Gasteiger partial charge in [-0.2, -0.15) is 0 Å². The van der Waals surface area contributed by atoms with Crippen molar-refractivity contribution in [1.29, 1.82) is 0 Å². The number of nitrogens with zero attached hydrogens (tertiary/aromatic N) is 1. The van der Waals surface area contributed by atoms with Crippen molar-refractivity contribution in [2.75, 3.05) is 14.2 Å². The maximum Gasteiger partial charge on any atom is 0.278 e. The Morgan fingerprint density at radius 1 is 1.16 bits per heavy atom. The highest BCUT2D eigenvalue weighted by molar-refractivity contribution is 6.69. The number of methoxy groups -OCH3 is 2. The van der Waals surface area contributed by atoms with Gasteiger partial charge in [-0.15, -0.1) is 0 Å². The number of nitro benzene ring substituents is 1. The molecule has 0 radical (unpaired) electrons. The zero-order valence-electron chi connectivity index (χ0n) is 11.9. The first-order valence-corrected chi connectivity index (χ1v) is 9.22. The van der Waals surface area contributed by atoms with Crippen molar-refractivity contribution in [3.05, 3.63) is 27.8 Å². The maximum atomic E-state index is 11.1. The lowest BCUT2D eigenvalue weighted by atomic mass is 10.1. The smallest absolute Gasteiger partial charge is 0.278 e. The fourth-order valence-electron chi connectivity index (χ4n) is 1.49. The summed E-state index contributed by atoms with van der Waals surface area (Å²) in [4.78, 5) is 10.6. The minimum Gasteiger partial charge on any atom is -0.493 e. The van der Waals surface area contributed by atoms with E-state index in [2.05, 4.69) is 0 Å². The van der Waals surface area contributed by atoms with Crippen LogP contribution in [0.3, 0.4) is 0 Å². The highest BCUT2D eigenvalue weighted by Gasteiger charge is 2.22. The number of rotatable bonds is 6. The Kier molecular flexibility index (Phi) is 4.90. The van der Waals surface area contributed by atoms with E-state index in [9.17, 15) is 10.1 Å². The molecule has 0 aliphatic rings. The molecule has 1 aromatic carbocycles. The van der Waals surface area contributed by atoms with Crippen LogP contribution in [0.1, 0.15) is 5.56 Å². The largest absolute Gasteiger partial charge is 0.493 e. The van der Waals surface area contributed by atoms with Crippen molar-refractivity contribution in [1.82, 2.24) is 0 Å². The Labute approximate surface area is 113 Å². The van der Waals surface area contributed by atoms with Gasteiger partial charge in [-0.1, -0.05) is 0 Å². The first-order valence-electron chi connectivity index (χ1n) is 5.81. The summed E-state index contributed by atoms with van der Waals surface area (Å²) in [5.74, 6) is 0.799. The molecule has 0 saturated carbocycles. The summed E-state index contributed by atoms with van der Waals surface area (Å²) in [6.07, 6.45) is 0. The van der Waals surface area contributed by atoms with Gasteiger partial charge in [0.25, 0.3) is 5.69 Å². The lowest BCUT2D eigenvalue weighted by Crippen LogP contribution is -2.25. The molecule has 7 heteroatoms. The number of nitro groups is 1. The summed E-state index contributed by atoms with van der Waals surface area (Å²) in [7, 11) is 1.20.